The molecule has 1 aliphatic heterocycles. The molecule has 0 aliphatic carbocycles. The molecule has 0 bridgehead atoms. The minimum atomic E-state index is -0.853. The lowest BCUT2D eigenvalue weighted by Crippen LogP contribution is -2.40. The summed E-state index contributed by atoms with van der Waals surface area (Å²) in [5.74, 6) is 0.664. The number of furan rings is 1. The van der Waals surface area contributed by atoms with Gasteiger partial charge in [0.1, 0.15) is 28.3 Å². The molecule has 0 radical (unpaired) electrons. The van der Waals surface area contributed by atoms with Crippen LogP contribution < -0.4 is 19.6 Å². The Kier molecular flexibility index (Phi) is 9.00. The van der Waals surface area contributed by atoms with Crippen molar-refractivity contribution in [2.24, 2.45) is 4.99 Å². The molecule has 0 unspecified atom stereocenters. The first-order valence-electron chi connectivity index (χ1n) is 13.3. The van der Waals surface area contributed by atoms with Gasteiger partial charge < -0.3 is 13.9 Å². The van der Waals surface area contributed by atoms with Crippen LogP contribution in [-0.4, -0.2) is 29.2 Å². The quantitative estimate of drug-likeness (QED) is 0.117. The van der Waals surface area contributed by atoms with Gasteiger partial charge in [-0.15, -0.1) is 0 Å². The number of hydrogen-bond acceptors (Lipinski definition) is 9. The van der Waals surface area contributed by atoms with E-state index >= 15 is 0 Å². The Morgan fingerprint density at radius 1 is 1.23 bits per heavy atom. The Hall–Kier alpha value is -4.00. The summed E-state index contributed by atoms with van der Waals surface area (Å²) in [5, 5.41) is 11.4. The van der Waals surface area contributed by atoms with E-state index in [0.717, 1.165) is 10.9 Å². The second kappa shape index (κ2) is 12.7. The van der Waals surface area contributed by atoms with E-state index in [1.807, 2.05) is 19.1 Å². The van der Waals surface area contributed by atoms with E-state index in [-0.39, 0.29) is 28.4 Å². The lowest BCUT2D eigenvalue weighted by Gasteiger charge is -2.27. The third kappa shape index (κ3) is 5.95. The average Bonchev–Trinajstić information content (AvgIpc) is 3.57. The van der Waals surface area contributed by atoms with Crippen LogP contribution in [0.1, 0.15) is 44.1 Å². The SMILES string of the molecule is CCCC1=C(C(=O)OCC)[C@@H](c2cc(Br)ccc2OC)n2c(s/c(=C/c3ccc(-c4ccc(Cl)c([N+](=O)[O-])c4)o3)c2=O)=N1. The zero-order valence-corrected chi connectivity index (χ0v) is 26.4. The number of esters is 1. The summed E-state index contributed by atoms with van der Waals surface area (Å²) in [4.78, 5) is 43.4. The summed E-state index contributed by atoms with van der Waals surface area (Å²) in [6.45, 7) is 3.87. The van der Waals surface area contributed by atoms with Crippen molar-refractivity contribution in [1.29, 1.82) is 0 Å². The third-order valence-electron chi connectivity index (χ3n) is 6.71. The maximum atomic E-state index is 14.0. The zero-order valence-electron chi connectivity index (χ0n) is 23.3. The highest BCUT2D eigenvalue weighted by Gasteiger charge is 2.36. The molecule has 0 N–H and O–H groups in total. The van der Waals surface area contributed by atoms with Crippen molar-refractivity contribution in [2.45, 2.75) is 32.7 Å². The van der Waals surface area contributed by atoms with Gasteiger partial charge in [0.05, 0.1) is 34.4 Å². The number of aromatic nitrogens is 1. The van der Waals surface area contributed by atoms with E-state index in [9.17, 15) is 19.7 Å². The van der Waals surface area contributed by atoms with Gasteiger partial charge in [-0.3, -0.25) is 19.5 Å². The second-order valence-electron chi connectivity index (χ2n) is 9.43. The van der Waals surface area contributed by atoms with E-state index in [0.29, 0.717) is 49.8 Å². The molecule has 1 aliphatic rings. The van der Waals surface area contributed by atoms with E-state index in [1.54, 1.807) is 37.3 Å². The van der Waals surface area contributed by atoms with Crippen LogP contribution in [0.5, 0.6) is 5.75 Å². The number of hydrogen-bond donors (Lipinski definition) is 0. The summed E-state index contributed by atoms with van der Waals surface area (Å²) >= 11 is 10.6. The van der Waals surface area contributed by atoms with Crippen molar-refractivity contribution in [3.63, 3.8) is 0 Å². The molecule has 0 amide bonds. The van der Waals surface area contributed by atoms with E-state index in [2.05, 4.69) is 15.9 Å². The van der Waals surface area contributed by atoms with Gasteiger partial charge >= 0.3 is 5.97 Å². The molecule has 43 heavy (non-hydrogen) atoms. The van der Waals surface area contributed by atoms with Gasteiger partial charge in [0.25, 0.3) is 11.2 Å². The number of thiazole rings is 1. The standard InChI is InChI=1S/C30H25BrClN3O7S/c1-4-6-21-26(29(37)41-5-2)27(19-14-17(31)8-11-24(19)40-3)34-28(36)25(43-30(34)33-21)15-18-9-12-23(42-18)16-7-10-20(32)22(13-16)35(38)39/h7-15,27H,4-6H2,1-3H3/b25-15+/t27-/m1/s1. The van der Waals surface area contributed by atoms with Crippen LogP contribution in [0, 0.1) is 10.1 Å². The highest BCUT2D eigenvalue weighted by atomic mass is 79.9. The maximum absolute atomic E-state index is 14.0. The van der Waals surface area contributed by atoms with E-state index < -0.39 is 16.9 Å². The number of nitro groups is 1. The lowest BCUT2D eigenvalue weighted by molar-refractivity contribution is -0.384. The molecule has 10 nitrogen and oxygen atoms in total. The topological polar surface area (TPSA) is 126 Å². The fourth-order valence-electron chi connectivity index (χ4n) is 4.85. The highest BCUT2D eigenvalue weighted by Crippen LogP contribution is 2.38. The molecular weight excluding hydrogens is 662 g/mol. The molecule has 4 aromatic rings. The number of benzene rings is 2. The van der Waals surface area contributed by atoms with Crippen LogP contribution in [0.3, 0.4) is 0 Å². The number of nitro benzene ring substituents is 1. The lowest BCUT2D eigenvalue weighted by atomic mass is 9.93. The summed E-state index contributed by atoms with van der Waals surface area (Å²) in [5.41, 5.74) is 1.26. The van der Waals surface area contributed by atoms with E-state index in [1.165, 1.54) is 35.1 Å². The van der Waals surface area contributed by atoms with Crippen molar-refractivity contribution in [1.82, 2.24) is 4.57 Å². The van der Waals surface area contributed by atoms with E-state index in [4.69, 9.17) is 30.5 Å². The molecule has 0 spiro atoms. The average molecular weight is 687 g/mol. The molecule has 2 aromatic carbocycles. The third-order valence-corrected chi connectivity index (χ3v) is 8.50. The molecule has 0 saturated heterocycles. The Bertz CT molecular complexity index is 1960. The number of fused-ring (bicyclic) bond motifs is 1. The van der Waals surface area contributed by atoms with Crippen LogP contribution in [0.15, 0.2) is 78.5 Å². The maximum Gasteiger partial charge on any atom is 0.338 e. The van der Waals surface area contributed by atoms with Crippen molar-refractivity contribution < 1.29 is 23.6 Å². The number of nitrogens with zero attached hydrogens (tertiary/aromatic N) is 3. The van der Waals surface area contributed by atoms with Gasteiger partial charge in [0.15, 0.2) is 4.80 Å². The van der Waals surface area contributed by atoms with Crippen LogP contribution in [0.25, 0.3) is 17.4 Å². The predicted octanol–water partition coefficient (Wildman–Crippen LogP) is 6.17. The zero-order chi connectivity index (χ0) is 30.8. The number of carbonyl (C=O) groups excluding carboxylic acids is 1. The van der Waals surface area contributed by atoms with Crippen LogP contribution in [0.2, 0.25) is 5.02 Å². The van der Waals surface area contributed by atoms with Gasteiger partial charge in [-0.05, 0) is 55.8 Å². The van der Waals surface area contributed by atoms with Gasteiger partial charge in [-0.1, -0.05) is 52.2 Å². The largest absolute Gasteiger partial charge is 0.496 e. The summed E-state index contributed by atoms with van der Waals surface area (Å²) in [6.07, 6.45) is 2.80. The smallest absolute Gasteiger partial charge is 0.338 e. The van der Waals surface area contributed by atoms with Crippen molar-refractivity contribution >= 4 is 56.6 Å². The van der Waals surface area contributed by atoms with Crippen molar-refractivity contribution in [3.05, 3.63) is 110 Å². The number of halogens is 2. The molecule has 1 atom stereocenters. The van der Waals surface area contributed by atoms with Gasteiger partial charge in [0, 0.05) is 27.7 Å². The first-order valence-corrected chi connectivity index (χ1v) is 15.2. The molecule has 3 heterocycles. The van der Waals surface area contributed by atoms with Crippen molar-refractivity contribution in [3.8, 4) is 17.1 Å². The fraction of sp³-hybridized carbons (Fsp3) is 0.233. The highest BCUT2D eigenvalue weighted by molar-refractivity contribution is 9.10. The molecular formula is C30H25BrClN3O7S. The number of rotatable bonds is 9. The predicted molar refractivity (Wildman–Crippen MR) is 166 cm³/mol. The first-order chi connectivity index (χ1) is 20.7. The monoisotopic (exact) mass is 685 g/mol. The number of ether oxygens (including phenoxy) is 2. The minimum Gasteiger partial charge on any atom is -0.496 e. The molecule has 0 fully saturated rings. The fourth-order valence-corrected chi connectivity index (χ4v) is 6.42. The summed E-state index contributed by atoms with van der Waals surface area (Å²) in [6, 6.07) is 12.2. The number of allylic oxidation sites excluding steroid dienone is 1. The molecule has 0 saturated carbocycles. The normalized spacial score (nSPS) is 14.8. The summed E-state index contributed by atoms with van der Waals surface area (Å²) in [7, 11) is 1.53. The van der Waals surface area contributed by atoms with Crippen LogP contribution >= 0.6 is 38.9 Å². The molecule has 2 aromatic heterocycles. The Labute approximate surface area is 262 Å². The molecule has 13 heteroatoms. The first kappa shape index (κ1) is 30.5. The second-order valence-corrected chi connectivity index (χ2v) is 11.8. The van der Waals surface area contributed by atoms with Gasteiger partial charge in [-0.25, -0.2) is 9.79 Å². The Balaban J connectivity index is 1.69. The Morgan fingerprint density at radius 2 is 2.02 bits per heavy atom. The minimum absolute atomic E-state index is 0.0166. The number of carbonyl (C=O) groups is 1. The number of methoxy groups -OCH3 is 1. The van der Waals surface area contributed by atoms with Crippen LogP contribution in [0.4, 0.5) is 5.69 Å². The molecule has 222 valence electrons. The summed E-state index contributed by atoms with van der Waals surface area (Å²) < 4.78 is 19.6. The van der Waals surface area contributed by atoms with Crippen molar-refractivity contribution in [2.75, 3.05) is 13.7 Å². The van der Waals surface area contributed by atoms with Gasteiger partial charge in [0.2, 0.25) is 0 Å². The van der Waals surface area contributed by atoms with Gasteiger partial charge in [-0.2, -0.15) is 0 Å². The molecule has 5 rings (SSSR count). The van der Waals surface area contributed by atoms with Crippen LogP contribution in [-0.2, 0) is 9.53 Å². The Morgan fingerprint density at radius 3 is 2.72 bits per heavy atom.